The molecule has 0 aromatic heterocycles. The van der Waals surface area contributed by atoms with Crippen LogP contribution in [-0.4, -0.2) is 19.8 Å². The van der Waals surface area contributed by atoms with Gasteiger partial charge in [-0.15, -0.1) is 0 Å². The van der Waals surface area contributed by atoms with Gasteiger partial charge < -0.3 is 18.9 Å². The van der Waals surface area contributed by atoms with Crippen molar-refractivity contribution in [2.75, 3.05) is 19.8 Å². The van der Waals surface area contributed by atoms with Gasteiger partial charge in [-0.25, -0.2) is 30.7 Å². The van der Waals surface area contributed by atoms with Crippen LogP contribution in [0.5, 0.6) is 5.75 Å². The molecule has 1 saturated heterocycles. The SMILES string of the molecule is CCCCCC1COC(c2ccc(-c3cc(F)c(C(F)(F)OCCc4cc(F)c(C(F)(F)Oc5cc(F)c(F)c(F)c5)c(F)c4)c(F)c3)cc2)OC1. The molecule has 0 spiro atoms. The van der Waals surface area contributed by atoms with Crippen molar-refractivity contribution >= 4 is 0 Å². The van der Waals surface area contributed by atoms with Gasteiger partial charge in [0, 0.05) is 23.6 Å². The molecule has 1 aliphatic rings. The first kappa shape index (κ1) is 39.0. The highest BCUT2D eigenvalue weighted by Crippen LogP contribution is 2.39. The zero-order valence-corrected chi connectivity index (χ0v) is 27.4. The Morgan fingerprint density at radius 3 is 1.75 bits per heavy atom. The van der Waals surface area contributed by atoms with E-state index in [2.05, 4.69) is 16.4 Å². The molecule has 280 valence electrons. The highest BCUT2D eigenvalue weighted by Gasteiger charge is 2.42. The summed E-state index contributed by atoms with van der Waals surface area (Å²) >= 11 is 0. The third-order valence-electron chi connectivity index (χ3n) is 8.30. The number of alkyl halides is 4. The normalized spacial score (nSPS) is 16.7. The van der Waals surface area contributed by atoms with Gasteiger partial charge in [0.25, 0.3) is 0 Å². The Balaban J connectivity index is 1.21. The maximum atomic E-state index is 15.0. The smallest absolute Gasteiger partial charge is 0.429 e. The van der Waals surface area contributed by atoms with Gasteiger partial charge in [-0.3, -0.25) is 0 Å². The molecule has 1 heterocycles. The molecule has 15 heteroatoms. The van der Waals surface area contributed by atoms with Crippen molar-refractivity contribution in [3.63, 3.8) is 0 Å². The number of halogens is 11. The van der Waals surface area contributed by atoms with Gasteiger partial charge in [-0.05, 0) is 53.8 Å². The van der Waals surface area contributed by atoms with Crippen LogP contribution >= 0.6 is 0 Å². The van der Waals surface area contributed by atoms with Crippen LogP contribution in [0.4, 0.5) is 48.3 Å². The second-order valence-electron chi connectivity index (χ2n) is 12.2. The summed E-state index contributed by atoms with van der Waals surface area (Å²) in [6, 6.07) is 8.34. The molecule has 1 fully saturated rings. The second kappa shape index (κ2) is 16.2. The highest BCUT2D eigenvalue weighted by atomic mass is 19.3. The zero-order chi connectivity index (χ0) is 37.8. The van der Waals surface area contributed by atoms with Gasteiger partial charge in [0.1, 0.15) is 40.1 Å². The van der Waals surface area contributed by atoms with E-state index >= 15 is 0 Å². The minimum absolute atomic E-state index is 0.0248. The molecule has 0 radical (unpaired) electrons. The van der Waals surface area contributed by atoms with Crippen LogP contribution in [-0.2, 0) is 32.8 Å². The van der Waals surface area contributed by atoms with Crippen LogP contribution in [0.1, 0.15) is 61.2 Å². The van der Waals surface area contributed by atoms with E-state index in [9.17, 15) is 48.3 Å². The van der Waals surface area contributed by atoms with Crippen molar-refractivity contribution < 1.29 is 67.2 Å². The van der Waals surface area contributed by atoms with E-state index in [1.165, 1.54) is 12.1 Å². The van der Waals surface area contributed by atoms with E-state index in [0.29, 0.717) is 48.6 Å². The van der Waals surface area contributed by atoms with E-state index < -0.39 is 94.7 Å². The predicted octanol–water partition coefficient (Wildman–Crippen LogP) is 11.0. The first-order valence-corrected chi connectivity index (χ1v) is 16.1. The highest BCUT2D eigenvalue weighted by molar-refractivity contribution is 5.64. The topological polar surface area (TPSA) is 36.9 Å². The average Bonchev–Trinajstić information content (AvgIpc) is 3.06. The van der Waals surface area contributed by atoms with Gasteiger partial charge in [0.2, 0.25) is 0 Å². The summed E-state index contributed by atoms with van der Waals surface area (Å²) in [6.07, 6.45) is -6.51. The van der Waals surface area contributed by atoms with Crippen LogP contribution in [0.15, 0.2) is 60.7 Å². The summed E-state index contributed by atoms with van der Waals surface area (Å²) in [4.78, 5) is 0. The number of ether oxygens (including phenoxy) is 4. The van der Waals surface area contributed by atoms with Crippen molar-refractivity contribution in [1.29, 1.82) is 0 Å². The molecule has 0 aliphatic carbocycles. The van der Waals surface area contributed by atoms with Crippen LogP contribution < -0.4 is 4.74 Å². The lowest BCUT2D eigenvalue weighted by Crippen LogP contribution is -2.27. The van der Waals surface area contributed by atoms with Gasteiger partial charge >= 0.3 is 12.2 Å². The lowest BCUT2D eigenvalue weighted by molar-refractivity contribution is -0.251. The summed E-state index contributed by atoms with van der Waals surface area (Å²) in [5.74, 6) is -14.0. The third kappa shape index (κ3) is 9.04. The fourth-order valence-corrected chi connectivity index (χ4v) is 5.64. The molecular weight excluding hydrogens is 717 g/mol. The number of benzene rings is 4. The van der Waals surface area contributed by atoms with Crippen molar-refractivity contribution in [1.82, 2.24) is 0 Å². The molecule has 4 aromatic rings. The van der Waals surface area contributed by atoms with Crippen LogP contribution in [0, 0.1) is 46.6 Å². The summed E-state index contributed by atoms with van der Waals surface area (Å²) in [5.41, 5.74) is -3.34. The quantitative estimate of drug-likeness (QED) is 0.0731. The lowest BCUT2D eigenvalue weighted by atomic mass is 10.00. The first-order valence-electron chi connectivity index (χ1n) is 16.1. The van der Waals surface area contributed by atoms with Crippen molar-refractivity contribution in [3.05, 3.63) is 124 Å². The lowest BCUT2D eigenvalue weighted by Gasteiger charge is -2.29. The Hall–Kier alpha value is -4.21. The standard InChI is InChI=1S/C37H31F11O4/c1-2-3-4-5-21-18-49-35(50-19-21)23-8-6-22(7-9-23)24-14-28(40)32(29(41)15-24)36(45,46)51-11-10-20-12-26(38)33(27(39)13-20)37(47,48)52-25-16-30(42)34(44)31(43)17-25/h6-9,12-17,21,35H,2-5,10-11,18-19H2,1H3. The molecule has 1 aliphatic heterocycles. The fourth-order valence-electron chi connectivity index (χ4n) is 5.64. The number of hydrogen-bond donors (Lipinski definition) is 0. The van der Waals surface area contributed by atoms with Crippen LogP contribution in [0.3, 0.4) is 0 Å². The molecule has 0 unspecified atom stereocenters. The molecule has 0 atom stereocenters. The number of rotatable bonds is 14. The summed E-state index contributed by atoms with van der Waals surface area (Å²) in [7, 11) is 0. The van der Waals surface area contributed by atoms with Gasteiger partial charge in [-0.1, -0.05) is 50.5 Å². The Kier molecular flexibility index (Phi) is 12.2. The van der Waals surface area contributed by atoms with Gasteiger partial charge in [-0.2, -0.15) is 17.6 Å². The number of unbranched alkanes of at least 4 members (excludes halogenated alkanes) is 2. The molecule has 0 amide bonds. The molecular formula is C37H31F11O4. The monoisotopic (exact) mass is 748 g/mol. The van der Waals surface area contributed by atoms with Gasteiger partial charge in [0.15, 0.2) is 23.7 Å². The summed E-state index contributed by atoms with van der Waals surface area (Å²) in [6.45, 7) is 2.07. The third-order valence-corrected chi connectivity index (χ3v) is 8.30. The summed E-state index contributed by atoms with van der Waals surface area (Å²) in [5, 5.41) is 0. The predicted molar refractivity (Wildman–Crippen MR) is 165 cm³/mol. The zero-order valence-electron chi connectivity index (χ0n) is 27.4. The maximum Gasteiger partial charge on any atom is 0.432 e. The maximum absolute atomic E-state index is 15.0. The average molecular weight is 749 g/mol. The van der Waals surface area contributed by atoms with Crippen molar-refractivity contribution in [2.45, 2.75) is 57.5 Å². The Morgan fingerprint density at radius 1 is 0.654 bits per heavy atom. The second-order valence-corrected chi connectivity index (χ2v) is 12.2. The summed E-state index contributed by atoms with van der Waals surface area (Å²) < 4.78 is 178. The van der Waals surface area contributed by atoms with E-state index in [1.54, 1.807) is 12.1 Å². The molecule has 4 nitrogen and oxygen atoms in total. The molecule has 0 N–H and O–H groups in total. The minimum Gasteiger partial charge on any atom is -0.429 e. The van der Waals surface area contributed by atoms with E-state index in [4.69, 9.17) is 9.47 Å². The van der Waals surface area contributed by atoms with Crippen LogP contribution in [0.2, 0.25) is 0 Å². The van der Waals surface area contributed by atoms with Crippen molar-refractivity contribution in [2.24, 2.45) is 5.92 Å². The molecule has 0 bridgehead atoms. The fraction of sp³-hybridized carbons (Fsp3) is 0.351. The van der Waals surface area contributed by atoms with E-state index in [1.807, 2.05) is 0 Å². The Bertz CT molecular complexity index is 1790. The molecule has 4 aromatic carbocycles. The van der Waals surface area contributed by atoms with Gasteiger partial charge in [0.05, 0.1) is 19.8 Å². The molecule has 5 rings (SSSR count). The largest absolute Gasteiger partial charge is 0.432 e. The van der Waals surface area contributed by atoms with E-state index in [0.717, 1.165) is 25.7 Å². The number of hydrogen-bond acceptors (Lipinski definition) is 4. The Labute approximate surface area is 291 Å². The first-order chi connectivity index (χ1) is 24.6. The van der Waals surface area contributed by atoms with E-state index in [-0.39, 0.29) is 23.6 Å². The molecule has 0 saturated carbocycles. The van der Waals surface area contributed by atoms with Crippen LogP contribution in [0.25, 0.3) is 11.1 Å². The van der Waals surface area contributed by atoms with Crippen molar-refractivity contribution in [3.8, 4) is 16.9 Å². The molecule has 52 heavy (non-hydrogen) atoms. The minimum atomic E-state index is -4.87. The Morgan fingerprint density at radius 2 is 1.19 bits per heavy atom.